The third-order valence-electron chi connectivity index (χ3n) is 4.06. The molecule has 0 heterocycles. The molecule has 0 aliphatic heterocycles. The van der Waals surface area contributed by atoms with Crippen molar-refractivity contribution in [2.24, 2.45) is 10.9 Å². The third-order valence-corrected chi connectivity index (χ3v) is 4.06. The summed E-state index contributed by atoms with van der Waals surface area (Å²) in [5, 5.41) is 9.61. The minimum Gasteiger partial charge on any atom is -0.357 e. The van der Waals surface area contributed by atoms with E-state index in [0.29, 0.717) is 18.0 Å². The summed E-state index contributed by atoms with van der Waals surface area (Å²) in [4.78, 5) is 16.3. The van der Waals surface area contributed by atoms with Crippen molar-refractivity contribution in [3.05, 3.63) is 0 Å². The van der Waals surface area contributed by atoms with Gasteiger partial charge in [-0.3, -0.25) is 4.79 Å². The number of amides is 1. The molecule has 0 bridgehead atoms. The molecule has 1 atom stereocenters. The molecule has 0 aromatic heterocycles. The van der Waals surface area contributed by atoms with Crippen molar-refractivity contribution in [1.29, 1.82) is 0 Å². The molecule has 0 radical (unpaired) electrons. The van der Waals surface area contributed by atoms with E-state index in [1.54, 1.807) is 0 Å². The Bertz CT molecular complexity index is 341. The van der Waals surface area contributed by atoms with E-state index < -0.39 is 0 Å². The van der Waals surface area contributed by atoms with Crippen LogP contribution in [0.1, 0.15) is 59.8 Å². The van der Waals surface area contributed by atoms with Crippen LogP contribution in [0.4, 0.5) is 0 Å². The number of rotatable bonds is 6. The molecule has 1 amide bonds. The van der Waals surface area contributed by atoms with Gasteiger partial charge in [-0.05, 0) is 32.6 Å². The molecule has 0 aromatic carbocycles. The van der Waals surface area contributed by atoms with Gasteiger partial charge in [-0.1, -0.05) is 33.1 Å². The van der Waals surface area contributed by atoms with Crippen LogP contribution in [0, 0.1) is 5.92 Å². The molecule has 1 rings (SSSR count). The average Bonchev–Trinajstić information content (AvgIpc) is 2.46. The smallest absolute Gasteiger partial charge is 0.242 e. The van der Waals surface area contributed by atoms with Crippen LogP contribution in [-0.4, -0.2) is 37.0 Å². The fraction of sp³-hybridized carbons (Fsp3) is 0.875. The van der Waals surface area contributed by atoms with Gasteiger partial charge >= 0.3 is 0 Å². The summed E-state index contributed by atoms with van der Waals surface area (Å²) in [6.07, 6.45) is 5.97. The Morgan fingerprint density at radius 2 is 1.82 bits per heavy atom. The monoisotopic (exact) mass is 424 g/mol. The van der Waals surface area contributed by atoms with Crippen LogP contribution < -0.4 is 16.0 Å². The van der Waals surface area contributed by atoms with E-state index in [2.05, 4.69) is 41.7 Å². The molecule has 0 saturated heterocycles. The lowest BCUT2D eigenvalue weighted by Crippen LogP contribution is -2.45. The van der Waals surface area contributed by atoms with Crippen LogP contribution in [0.25, 0.3) is 0 Å². The van der Waals surface area contributed by atoms with Gasteiger partial charge in [-0.15, -0.1) is 24.0 Å². The molecule has 0 aromatic rings. The molecular formula is C16H33IN4O. The Morgan fingerprint density at radius 3 is 2.36 bits per heavy atom. The van der Waals surface area contributed by atoms with Gasteiger partial charge in [-0.25, -0.2) is 4.99 Å². The van der Waals surface area contributed by atoms with E-state index in [1.165, 1.54) is 19.3 Å². The predicted octanol–water partition coefficient (Wildman–Crippen LogP) is 2.65. The summed E-state index contributed by atoms with van der Waals surface area (Å²) in [6, 6.07) is 0.677. The molecule has 1 aliphatic rings. The fourth-order valence-corrected chi connectivity index (χ4v) is 2.37. The Kier molecular flexibility index (Phi) is 11.7. The summed E-state index contributed by atoms with van der Waals surface area (Å²) in [5.41, 5.74) is 0. The number of aliphatic imine (C=N–C) groups is 1. The van der Waals surface area contributed by atoms with E-state index in [4.69, 9.17) is 0 Å². The van der Waals surface area contributed by atoms with Gasteiger partial charge < -0.3 is 16.0 Å². The topological polar surface area (TPSA) is 65.5 Å². The van der Waals surface area contributed by atoms with Crippen LogP contribution in [0.3, 0.4) is 0 Å². The van der Waals surface area contributed by atoms with Gasteiger partial charge in [0.25, 0.3) is 0 Å². The molecule has 0 spiro atoms. The first-order chi connectivity index (χ1) is 10.0. The van der Waals surface area contributed by atoms with Crippen molar-refractivity contribution < 1.29 is 4.79 Å². The molecule has 6 heteroatoms. The SMILES string of the molecule is CCNC(=NCC(=O)NC1CCCCC1)NC(C)C(C)C.I. The number of hydrogen-bond donors (Lipinski definition) is 3. The zero-order valence-electron chi connectivity index (χ0n) is 14.4. The zero-order valence-corrected chi connectivity index (χ0v) is 16.8. The highest BCUT2D eigenvalue weighted by Crippen LogP contribution is 2.17. The van der Waals surface area contributed by atoms with Crippen LogP contribution in [-0.2, 0) is 4.79 Å². The summed E-state index contributed by atoms with van der Waals surface area (Å²) >= 11 is 0. The normalized spacial score (nSPS) is 17.6. The number of guanidine groups is 1. The van der Waals surface area contributed by atoms with Crippen LogP contribution >= 0.6 is 24.0 Å². The van der Waals surface area contributed by atoms with E-state index in [0.717, 1.165) is 25.3 Å². The van der Waals surface area contributed by atoms with Crippen molar-refractivity contribution in [3.8, 4) is 0 Å². The Hall–Kier alpha value is -0.530. The lowest BCUT2D eigenvalue weighted by molar-refractivity contribution is -0.120. The maximum Gasteiger partial charge on any atom is 0.242 e. The highest BCUT2D eigenvalue weighted by molar-refractivity contribution is 14.0. The number of nitrogens with zero attached hydrogens (tertiary/aromatic N) is 1. The minimum atomic E-state index is 0. The first-order valence-electron chi connectivity index (χ1n) is 8.37. The number of carbonyl (C=O) groups is 1. The van der Waals surface area contributed by atoms with E-state index in [-0.39, 0.29) is 36.4 Å². The summed E-state index contributed by atoms with van der Waals surface area (Å²) < 4.78 is 0. The maximum absolute atomic E-state index is 12.0. The van der Waals surface area contributed by atoms with Crippen molar-refractivity contribution in [1.82, 2.24) is 16.0 Å². The van der Waals surface area contributed by atoms with Gasteiger partial charge in [0.2, 0.25) is 5.91 Å². The standard InChI is InChI=1S/C16H32N4O.HI/c1-5-17-16(19-13(4)12(2)3)18-11-15(21)20-14-9-7-6-8-10-14;/h12-14H,5-11H2,1-4H3,(H,20,21)(H2,17,18,19);1H. The molecule has 1 fully saturated rings. The predicted molar refractivity (Wildman–Crippen MR) is 104 cm³/mol. The van der Waals surface area contributed by atoms with Gasteiger partial charge in [-0.2, -0.15) is 0 Å². The number of halogens is 1. The molecule has 130 valence electrons. The summed E-state index contributed by atoms with van der Waals surface area (Å²) in [7, 11) is 0. The van der Waals surface area contributed by atoms with Crippen molar-refractivity contribution in [2.45, 2.75) is 71.9 Å². The third kappa shape index (κ3) is 8.80. The van der Waals surface area contributed by atoms with Crippen molar-refractivity contribution in [2.75, 3.05) is 13.1 Å². The second-order valence-electron chi connectivity index (χ2n) is 6.27. The molecule has 1 saturated carbocycles. The second kappa shape index (κ2) is 12.0. The number of carbonyl (C=O) groups excluding carboxylic acids is 1. The highest BCUT2D eigenvalue weighted by atomic mass is 127. The first kappa shape index (κ1) is 21.5. The van der Waals surface area contributed by atoms with Crippen LogP contribution in [0.15, 0.2) is 4.99 Å². The number of hydrogen-bond acceptors (Lipinski definition) is 2. The van der Waals surface area contributed by atoms with Gasteiger partial charge in [0.1, 0.15) is 6.54 Å². The number of nitrogens with one attached hydrogen (secondary N) is 3. The molecule has 1 unspecified atom stereocenters. The first-order valence-corrected chi connectivity index (χ1v) is 8.37. The van der Waals surface area contributed by atoms with Gasteiger partial charge in [0.15, 0.2) is 5.96 Å². The fourth-order valence-electron chi connectivity index (χ4n) is 2.37. The summed E-state index contributed by atoms with van der Waals surface area (Å²) in [5.74, 6) is 1.26. The van der Waals surface area contributed by atoms with E-state index >= 15 is 0 Å². The van der Waals surface area contributed by atoms with Gasteiger partial charge in [0.05, 0.1) is 0 Å². The van der Waals surface area contributed by atoms with E-state index in [1.807, 2.05) is 6.92 Å². The molecule has 1 aliphatic carbocycles. The lowest BCUT2D eigenvalue weighted by Gasteiger charge is -2.23. The van der Waals surface area contributed by atoms with Crippen LogP contribution in [0.2, 0.25) is 0 Å². The molecule has 22 heavy (non-hydrogen) atoms. The largest absolute Gasteiger partial charge is 0.357 e. The zero-order chi connectivity index (χ0) is 15.7. The highest BCUT2D eigenvalue weighted by Gasteiger charge is 2.15. The van der Waals surface area contributed by atoms with Gasteiger partial charge in [0, 0.05) is 18.6 Å². The van der Waals surface area contributed by atoms with Crippen molar-refractivity contribution in [3.63, 3.8) is 0 Å². The lowest BCUT2D eigenvalue weighted by atomic mass is 9.95. The Labute approximate surface area is 152 Å². The summed E-state index contributed by atoms with van der Waals surface area (Å²) in [6.45, 7) is 9.46. The minimum absolute atomic E-state index is 0. The van der Waals surface area contributed by atoms with E-state index in [9.17, 15) is 4.79 Å². The Morgan fingerprint density at radius 1 is 1.18 bits per heavy atom. The van der Waals surface area contributed by atoms with Crippen molar-refractivity contribution >= 4 is 35.8 Å². The molecular weight excluding hydrogens is 391 g/mol. The van der Waals surface area contributed by atoms with Crippen LogP contribution in [0.5, 0.6) is 0 Å². The Balaban J connectivity index is 0.00000441. The quantitative estimate of drug-likeness (QED) is 0.349. The second-order valence-corrected chi connectivity index (χ2v) is 6.27. The average molecular weight is 424 g/mol. The maximum atomic E-state index is 12.0. The molecule has 3 N–H and O–H groups in total. The molecule has 5 nitrogen and oxygen atoms in total.